The number of allylic oxidation sites excluding steroid dienone is 1. The highest BCUT2D eigenvalue weighted by Crippen LogP contribution is 2.38. The summed E-state index contributed by atoms with van der Waals surface area (Å²) < 4.78 is 0. The van der Waals surface area contributed by atoms with Crippen LogP contribution in [0.2, 0.25) is 0 Å². The number of piperidine rings is 1. The van der Waals surface area contributed by atoms with Crippen molar-refractivity contribution in [2.24, 2.45) is 16.6 Å². The summed E-state index contributed by atoms with van der Waals surface area (Å²) in [7, 11) is 1.66. The molecule has 10 nitrogen and oxygen atoms in total. The molecule has 6 N–H and O–H groups in total. The predicted octanol–water partition coefficient (Wildman–Crippen LogP) is 1.03. The highest BCUT2D eigenvalue weighted by Gasteiger charge is 2.28. The molecule has 3 rings (SSSR count). The third-order valence-corrected chi connectivity index (χ3v) is 6.14. The van der Waals surface area contributed by atoms with E-state index in [1.807, 2.05) is 6.07 Å². The van der Waals surface area contributed by atoms with Crippen molar-refractivity contribution in [1.29, 1.82) is 16.1 Å². The Balaban J connectivity index is 2.11. The van der Waals surface area contributed by atoms with Gasteiger partial charge < -0.3 is 25.6 Å². The molecule has 1 aliphatic rings. The Bertz CT molecular complexity index is 1200. The van der Waals surface area contributed by atoms with Crippen LogP contribution in [0, 0.1) is 28.1 Å². The third kappa shape index (κ3) is 5.56. The third-order valence-electron chi connectivity index (χ3n) is 6.14. The first-order chi connectivity index (χ1) is 16.8. The van der Waals surface area contributed by atoms with E-state index in [0.717, 1.165) is 11.9 Å². The summed E-state index contributed by atoms with van der Waals surface area (Å²) in [5.41, 5.74) is 9.97. The molecule has 1 aromatic heterocycles. The second kappa shape index (κ2) is 11.4. The van der Waals surface area contributed by atoms with Crippen molar-refractivity contribution in [2.75, 3.05) is 32.1 Å². The summed E-state index contributed by atoms with van der Waals surface area (Å²) in [4.78, 5) is 11.7. The van der Waals surface area contributed by atoms with Crippen LogP contribution in [-0.4, -0.2) is 72.6 Å². The first kappa shape index (κ1) is 25.6. The Morgan fingerprint density at radius 2 is 2.06 bits per heavy atom. The number of hydrogen-bond donors (Lipinski definition) is 5. The largest absolute Gasteiger partial charge is 0.490 e. The average Bonchev–Trinajstić information content (AvgIpc) is 2.90. The van der Waals surface area contributed by atoms with Crippen LogP contribution in [0.5, 0.6) is 0 Å². The predicted molar refractivity (Wildman–Crippen MR) is 140 cm³/mol. The Kier molecular flexibility index (Phi) is 8.36. The van der Waals surface area contributed by atoms with Gasteiger partial charge in [-0.25, -0.2) is 0 Å². The lowest BCUT2D eigenvalue weighted by Crippen LogP contribution is -2.41. The average molecular weight is 472 g/mol. The molecular formula is C24H29BN8O2. The summed E-state index contributed by atoms with van der Waals surface area (Å²) >= 11 is 0. The van der Waals surface area contributed by atoms with Gasteiger partial charge in [0.25, 0.3) is 0 Å². The molecular weight excluding hydrogens is 443 g/mol. The molecule has 35 heavy (non-hydrogen) atoms. The molecule has 0 unspecified atom stereocenters. The van der Waals surface area contributed by atoms with Gasteiger partial charge in [-0.1, -0.05) is 18.2 Å². The highest BCUT2D eigenvalue weighted by atomic mass is 16.4. The van der Waals surface area contributed by atoms with E-state index in [9.17, 15) is 15.3 Å². The quantitative estimate of drug-likeness (QED) is 0.228. The van der Waals surface area contributed by atoms with Crippen molar-refractivity contribution in [1.82, 2.24) is 9.88 Å². The number of hydrogen-bond acceptors (Lipinski definition) is 9. The number of anilines is 1. The van der Waals surface area contributed by atoms with Crippen LogP contribution >= 0.6 is 0 Å². The molecule has 0 atom stereocenters. The fourth-order valence-electron chi connectivity index (χ4n) is 4.23. The van der Waals surface area contributed by atoms with E-state index in [2.05, 4.69) is 20.9 Å². The molecule has 1 fully saturated rings. The fourth-order valence-corrected chi connectivity index (χ4v) is 4.23. The Morgan fingerprint density at radius 1 is 1.34 bits per heavy atom. The van der Waals surface area contributed by atoms with Gasteiger partial charge in [-0.2, -0.15) is 5.26 Å². The Hall–Kier alpha value is -4.01. The lowest BCUT2D eigenvalue weighted by atomic mass is 9.80. The van der Waals surface area contributed by atoms with Crippen LogP contribution in [0.15, 0.2) is 41.7 Å². The maximum Gasteiger partial charge on any atom is 0.490 e. The minimum Gasteiger partial charge on any atom is -0.423 e. The number of nitriles is 1. The number of nitrogens with two attached hydrogens (primary N) is 1. The van der Waals surface area contributed by atoms with E-state index >= 15 is 0 Å². The van der Waals surface area contributed by atoms with E-state index < -0.39 is 7.12 Å². The zero-order valence-corrected chi connectivity index (χ0v) is 19.8. The molecule has 0 aliphatic carbocycles. The zero-order chi connectivity index (χ0) is 25.5. The molecule has 180 valence electrons. The van der Waals surface area contributed by atoms with Crippen LogP contribution in [-0.2, 0) is 0 Å². The molecule has 1 aliphatic heterocycles. The monoisotopic (exact) mass is 472 g/mol. The number of pyridine rings is 1. The zero-order valence-electron chi connectivity index (χ0n) is 19.8. The van der Waals surface area contributed by atoms with Crippen LogP contribution < -0.4 is 16.1 Å². The number of nitrogens with one attached hydrogen (secondary N) is 2. The number of rotatable bonds is 7. The lowest BCUT2D eigenvalue weighted by Gasteiger charge is -2.37. The molecule has 0 amide bonds. The SMILES string of the molecule is CN=C/C=C(\N)c1ccc(-c2cncc(B(O)O)c2)c(N2CCC(C(=N)N(C)C=N)CC2)c1C#N. The lowest BCUT2D eigenvalue weighted by molar-refractivity contribution is 0.425. The van der Waals surface area contributed by atoms with E-state index in [1.165, 1.54) is 11.1 Å². The van der Waals surface area contributed by atoms with Gasteiger partial charge in [0.15, 0.2) is 0 Å². The number of aromatic nitrogens is 1. The maximum absolute atomic E-state index is 10.2. The molecule has 0 radical (unpaired) electrons. The molecule has 0 bridgehead atoms. The van der Waals surface area contributed by atoms with Gasteiger partial charge >= 0.3 is 7.12 Å². The smallest absolute Gasteiger partial charge is 0.423 e. The number of benzene rings is 1. The van der Waals surface area contributed by atoms with Crippen LogP contribution in [0.4, 0.5) is 5.69 Å². The molecule has 0 saturated carbocycles. The van der Waals surface area contributed by atoms with Gasteiger partial charge in [0, 0.05) is 79.6 Å². The summed E-state index contributed by atoms with van der Waals surface area (Å²) in [5.74, 6) is 0.407. The minimum atomic E-state index is -1.67. The second-order valence-electron chi connectivity index (χ2n) is 8.29. The fraction of sp³-hybridized carbons (Fsp3) is 0.292. The van der Waals surface area contributed by atoms with Gasteiger partial charge in [-0.3, -0.25) is 20.8 Å². The van der Waals surface area contributed by atoms with Crippen molar-refractivity contribution in [2.45, 2.75) is 12.8 Å². The molecule has 11 heteroatoms. The number of aliphatic imine (C=N–C) groups is 1. The first-order valence-electron chi connectivity index (χ1n) is 11.2. The van der Waals surface area contributed by atoms with Crippen LogP contribution in [0.1, 0.15) is 24.0 Å². The molecule has 1 saturated heterocycles. The summed E-state index contributed by atoms with van der Waals surface area (Å²) in [5, 5.41) is 45.2. The van der Waals surface area contributed by atoms with Gasteiger partial charge in [0.2, 0.25) is 0 Å². The number of amidine groups is 1. The molecule has 2 heterocycles. The highest BCUT2D eigenvalue weighted by molar-refractivity contribution is 6.58. The van der Waals surface area contributed by atoms with Crippen LogP contribution in [0.25, 0.3) is 16.8 Å². The standard InChI is InChI=1S/C24H29BN8O2/c1-30-8-5-22(28)20-4-3-19(17-11-18(25(34)35)14-31-13-17)23(21(20)12-26)33-9-6-16(7-10-33)24(29)32(2)15-27/h3-5,8,11,13-16,27,29,34-35H,6-7,9-10,28H2,1-2H3/b22-5-,27-15?,29-24?,30-8?. The van der Waals surface area contributed by atoms with Gasteiger partial charge in [-0.15, -0.1) is 0 Å². The van der Waals surface area contributed by atoms with E-state index in [1.54, 1.807) is 44.7 Å². The van der Waals surface area contributed by atoms with Crippen molar-refractivity contribution >= 4 is 42.4 Å². The number of nitrogens with zero attached hydrogens (tertiary/aromatic N) is 5. The van der Waals surface area contributed by atoms with Crippen molar-refractivity contribution < 1.29 is 10.0 Å². The molecule has 0 spiro atoms. The first-order valence-corrected chi connectivity index (χ1v) is 11.2. The van der Waals surface area contributed by atoms with Gasteiger partial charge in [0.05, 0.1) is 17.6 Å². The Morgan fingerprint density at radius 3 is 2.66 bits per heavy atom. The van der Waals surface area contributed by atoms with E-state index in [-0.39, 0.29) is 11.4 Å². The summed E-state index contributed by atoms with van der Waals surface area (Å²) in [6.07, 6.45) is 8.72. The van der Waals surface area contributed by atoms with E-state index in [4.69, 9.17) is 16.6 Å². The summed E-state index contributed by atoms with van der Waals surface area (Å²) in [6, 6.07) is 7.59. The second-order valence-corrected chi connectivity index (χ2v) is 8.29. The van der Waals surface area contributed by atoms with Crippen molar-refractivity contribution in [3.63, 3.8) is 0 Å². The minimum absolute atomic E-state index is 0.00952. The van der Waals surface area contributed by atoms with Gasteiger partial charge in [0.1, 0.15) is 11.9 Å². The Labute approximate surface area is 205 Å². The van der Waals surface area contributed by atoms with Crippen LogP contribution in [0.3, 0.4) is 0 Å². The summed E-state index contributed by atoms with van der Waals surface area (Å²) in [6.45, 7) is 1.19. The normalized spacial score (nSPS) is 14.6. The van der Waals surface area contributed by atoms with Crippen molar-refractivity contribution in [3.05, 3.63) is 47.8 Å². The topological polar surface area (TPSA) is 170 Å². The van der Waals surface area contributed by atoms with Gasteiger partial charge in [-0.05, 0) is 18.9 Å². The van der Waals surface area contributed by atoms with E-state index in [0.29, 0.717) is 59.8 Å². The molecule has 2 aromatic rings. The molecule has 1 aromatic carbocycles. The van der Waals surface area contributed by atoms with Crippen molar-refractivity contribution in [3.8, 4) is 17.2 Å². The maximum atomic E-state index is 10.2.